The van der Waals surface area contributed by atoms with Gasteiger partial charge in [0.05, 0.1) is 16.8 Å². The van der Waals surface area contributed by atoms with Crippen molar-refractivity contribution >= 4 is 17.5 Å². The van der Waals surface area contributed by atoms with Gasteiger partial charge in [0.25, 0.3) is 11.8 Å². The lowest BCUT2D eigenvalue weighted by Gasteiger charge is -2.09. The minimum Gasteiger partial charge on any atom is -0.350 e. The molecule has 23 heavy (non-hydrogen) atoms. The van der Waals surface area contributed by atoms with Gasteiger partial charge in [-0.3, -0.25) is 14.6 Å². The lowest BCUT2D eigenvalue weighted by Crippen LogP contribution is -2.30. The molecule has 0 atom stereocenters. The van der Waals surface area contributed by atoms with E-state index in [1.807, 2.05) is 0 Å². The Kier molecular flexibility index (Phi) is 5.00. The summed E-state index contributed by atoms with van der Waals surface area (Å²) in [7, 11) is 0. The molecule has 7 heteroatoms. The third-order valence-corrected chi connectivity index (χ3v) is 2.86. The maximum absolute atomic E-state index is 13.5. The van der Waals surface area contributed by atoms with Gasteiger partial charge in [0.15, 0.2) is 0 Å². The Morgan fingerprint density at radius 2 is 1.70 bits per heavy atom. The third kappa shape index (κ3) is 4.32. The van der Waals surface area contributed by atoms with Gasteiger partial charge in [-0.1, -0.05) is 0 Å². The van der Waals surface area contributed by atoms with Crippen molar-refractivity contribution in [2.75, 3.05) is 5.32 Å². The molecule has 0 fully saturated rings. The number of nitrogens with one attached hydrogen (secondary N) is 2. The molecule has 2 aromatic rings. The van der Waals surface area contributed by atoms with Crippen molar-refractivity contribution in [1.82, 2.24) is 10.3 Å². The third-order valence-electron chi connectivity index (χ3n) is 2.86. The second-order valence-electron chi connectivity index (χ2n) is 5.17. The van der Waals surface area contributed by atoms with Crippen molar-refractivity contribution in [3.8, 4) is 0 Å². The smallest absolute Gasteiger partial charge is 0.257 e. The van der Waals surface area contributed by atoms with E-state index in [-0.39, 0.29) is 28.8 Å². The van der Waals surface area contributed by atoms with Crippen LogP contribution in [-0.4, -0.2) is 22.8 Å². The highest BCUT2D eigenvalue weighted by Crippen LogP contribution is 2.16. The molecule has 0 saturated heterocycles. The minimum absolute atomic E-state index is 0.0618. The van der Waals surface area contributed by atoms with Gasteiger partial charge in [0, 0.05) is 24.5 Å². The number of pyridine rings is 1. The molecule has 0 aliphatic rings. The molecule has 0 bridgehead atoms. The summed E-state index contributed by atoms with van der Waals surface area (Å²) in [6.45, 7) is 3.61. The molecule has 0 saturated carbocycles. The first kappa shape index (κ1) is 16.5. The highest BCUT2D eigenvalue weighted by Gasteiger charge is 2.14. The number of carbonyl (C=O) groups is 2. The molecular weight excluding hydrogens is 304 g/mol. The summed E-state index contributed by atoms with van der Waals surface area (Å²) in [6, 6.07) is 4.10. The van der Waals surface area contributed by atoms with E-state index < -0.39 is 17.5 Å². The van der Waals surface area contributed by atoms with Crippen LogP contribution in [-0.2, 0) is 0 Å². The first-order chi connectivity index (χ1) is 10.9. The van der Waals surface area contributed by atoms with Gasteiger partial charge in [-0.05, 0) is 32.0 Å². The lowest BCUT2D eigenvalue weighted by atomic mass is 10.1. The number of aromatic nitrogens is 1. The quantitative estimate of drug-likeness (QED) is 0.910. The first-order valence-electron chi connectivity index (χ1n) is 6.89. The normalized spacial score (nSPS) is 10.5. The number of hydrogen-bond donors (Lipinski definition) is 2. The molecule has 0 unspecified atom stereocenters. The van der Waals surface area contributed by atoms with E-state index in [0.717, 1.165) is 12.1 Å². The second-order valence-corrected chi connectivity index (χ2v) is 5.17. The number of carbonyl (C=O) groups excluding carboxylic acids is 2. The van der Waals surface area contributed by atoms with Gasteiger partial charge in [-0.25, -0.2) is 8.78 Å². The molecule has 0 radical (unpaired) electrons. The number of hydrogen-bond acceptors (Lipinski definition) is 3. The van der Waals surface area contributed by atoms with E-state index >= 15 is 0 Å². The minimum atomic E-state index is -0.889. The maximum Gasteiger partial charge on any atom is 0.257 e. The summed E-state index contributed by atoms with van der Waals surface area (Å²) >= 11 is 0. The summed E-state index contributed by atoms with van der Waals surface area (Å²) < 4.78 is 26.4. The summed E-state index contributed by atoms with van der Waals surface area (Å²) in [4.78, 5) is 27.8. The van der Waals surface area contributed by atoms with Gasteiger partial charge in [0.2, 0.25) is 0 Å². The van der Waals surface area contributed by atoms with Crippen LogP contribution in [0.25, 0.3) is 0 Å². The van der Waals surface area contributed by atoms with Gasteiger partial charge in [-0.2, -0.15) is 0 Å². The standard InChI is InChI=1S/C16H15F2N3O2/c1-9(2)20-15(22)10-5-11(8-19-7-10)16(23)21-14-4-3-12(17)6-13(14)18/h3-9H,1-2H3,(H,20,22)(H,21,23). The van der Waals surface area contributed by atoms with Crippen molar-refractivity contribution < 1.29 is 18.4 Å². The summed E-state index contributed by atoms with van der Waals surface area (Å²) in [6.07, 6.45) is 2.58. The Morgan fingerprint density at radius 3 is 2.30 bits per heavy atom. The van der Waals surface area contributed by atoms with Crippen LogP contribution in [0.15, 0.2) is 36.7 Å². The molecule has 0 spiro atoms. The van der Waals surface area contributed by atoms with Crippen LogP contribution >= 0.6 is 0 Å². The largest absolute Gasteiger partial charge is 0.350 e. The second kappa shape index (κ2) is 6.95. The molecule has 2 N–H and O–H groups in total. The van der Waals surface area contributed by atoms with Crippen LogP contribution in [0, 0.1) is 11.6 Å². The van der Waals surface area contributed by atoms with Gasteiger partial charge >= 0.3 is 0 Å². The highest BCUT2D eigenvalue weighted by molar-refractivity contribution is 6.05. The van der Waals surface area contributed by atoms with Crippen LogP contribution in [0.5, 0.6) is 0 Å². The fourth-order valence-corrected chi connectivity index (χ4v) is 1.82. The maximum atomic E-state index is 13.5. The van der Waals surface area contributed by atoms with Crippen LogP contribution in [0.3, 0.4) is 0 Å². The molecule has 2 rings (SSSR count). The Labute approximate surface area is 131 Å². The Bertz CT molecular complexity index is 748. The fourth-order valence-electron chi connectivity index (χ4n) is 1.82. The Hall–Kier alpha value is -2.83. The number of nitrogens with zero attached hydrogens (tertiary/aromatic N) is 1. The molecule has 1 aromatic heterocycles. The van der Waals surface area contributed by atoms with Crippen LogP contribution in [0.2, 0.25) is 0 Å². The highest BCUT2D eigenvalue weighted by atomic mass is 19.1. The number of benzene rings is 1. The van der Waals surface area contributed by atoms with Crippen LogP contribution in [0.4, 0.5) is 14.5 Å². The zero-order valence-electron chi connectivity index (χ0n) is 12.6. The van der Waals surface area contributed by atoms with Crippen molar-refractivity contribution in [2.24, 2.45) is 0 Å². The Morgan fingerprint density at radius 1 is 1.04 bits per heavy atom. The molecule has 0 aliphatic carbocycles. The number of rotatable bonds is 4. The van der Waals surface area contributed by atoms with Crippen LogP contribution in [0.1, 0.15) is 34.6 Å². The molecule has 1 aromatic carbocycles. The topological polar surface area (TPSA) is 71.1 Å². The monoisotopic (exact) mass is 319 g/mol. The van der Waals surface area contributed by atoms with Crippen molar-refractivity contribution in [1.29, 1.82) is 0 Å². The zero-order chi connectivity index (χ0) is 17.0. The average Bonchev–Trinajstić information content (AvgIpc) is 2.49. The lowest BCUT2D eigenvalue weighted by molar-refractivity contribution is 0.0942. The molecule has 1 heterocycles. The molecular formula is C16H15F2N3O2. The molecule has 2 amide bonds. The van der Waals surface area contributed by atoms with E-state index in [0.29, 0.717) is 6.07 Å². The molecule has 120 valence electrons. The van der Waals surface area contributed by atoms with E-state index in [1.54, 1.807) is 13.8 Å². The number of amides is 2. The summed E-state index contributed by atoms with van der Waals surface area (Å²) in [5, 5.41) is 4.99. The summed E-state index contributed by atoms with van der Waals surface area (Å²) in [5.41, 5.74) is 0.143. The van der Waals surface area contributed by atoms with E-state index in [1.165, 1.54) is 18.5 Å². The molecule has 5 nitrogen and oxygen atoms in total. The first-order valence-corrected chi connectivity index (χ1v) is 6.89. The number of anilines is 1. The van der Waals surface area contributed by atoms with Crippen molar-refractivity contribution in [3.63, 3.8) is 0 Å². The van der Waals surface area contributed by atoms with E-state index in [9.17, 15) is 18.4 Å². The average molecular weight is 319 g/mol. The van der Waals surface area contributed by atoms with Gasteiger partial charge < -0.3 is 10.6 Å². The Balaban J connectivity index is 2.18. The summed E-state index contributed by atoms with van der Waals surface area (Å²) in [5.74, 6) is -2.65. The molecule has 0 aliphatic heterocycles. The number of halogens is 2. The van der Waals surface area contributed by atoms with Crippen LogP contribution < -0.4 is 10.6 Å². The van der Waals surface area contributed by atoms with Gasteiger partial charge in [-0.15, -0.1) is 0 Å². The van der Waals surface area contributed by atoms with E-state index in [2.05, 4.69) is 15.6 Å². The van der Waals surface area contributed by atoms with Gasteiger partial charge in [0.1, 0.15) is 11.6 Å². The predicted octanol–water partition coefficient (Wildman–Crippen LogP) is 2.75. The van der Waals surface area contributed by atoms with Crippen molar-refractivity contribution in [3.05, 3.63) is 59.4 Å². The fraction of sp³-hybridized carbons (Fsp3) is 0.188. The zero-order valence-corrected chi connectivity index (χ0v) is 12.6. The predicted molar refractivity (Wildman–Crippen MR) is 81.2 cm³/mol. The van der Waals surface area contributed by atoms with E-state index in [4.69, 9.17) is 0 Å². The SMILES string of the molecule is CC(C)NC(=O)c1cncc(C(=O)Nc2ccc(F)cc2F)c1. The van der Waals surface area contributed by atoms with Crippen molar-refractivity contribution in [2.45, 2.75) is 19.9 Å².